The third-order valence-electron chi connectivity index (χ3n) is 6.23. The van der Waals surface area contributed by atoms with Gasteiger partial charge in [-0.3, -0.25) is 0 Å². The van der Waals surface area contributed by atoms with Crippen molar-refractivity contribution in [2.45, 2.75) is 6.54 Å². The maximum Gasteiger partial charge on any atom is 0.163 e. The molecule has 0 saturated carbocycles. The summed E-state index contributed by atoms with van der Waals surface area (Å²) in [5.74, 6) is 2.28. The standard InChI is InChI=1S/C27H22FN3O4/c1-32-22-8-7-16(11-23(22)33-2)26-19-15-31(14-17-5-3-4-6-20(17)28)21-13-25-24(34-9-10-35-25)12-18(21)27(19)30-29-26/h3-8,11-13,15H,9-10,14H2,1-2H3. The summed E-state index contributed by atoms with van der Waals surface area (Å²) < 4.78 is 39.1. The molecule has 3 heterocycles. The molecule has 0 N–H and O–H groups in total. The monoisotopic (exact) mass is 471 g/mol. The number of hydrogen-bond acceptors (Lipinski definition) is 6. The van der Waals surface area contributed by atoms with Gasteiger partial charge in [0.25, 0.3) is 0 Å². The van der Waals surface area contributed by atoms with Crippen LogP contribution >= 0.6 is 0 Å². The molecule has 6 rings (SSSR count). The van der Waals surface area contributed by atoms with Gasteiger partial charge >= 0.3 is 0 Å². The first kappa shape index (κ1) is 21.2. The van der Waals surface area contributed by atoms with E-state index in [0.717, 1.165) is 27.7 Å². The molecule has 3 aliphatic rings. The number of nitrogens with zero attached hydrogens (tertiary/aromatic N) is 3. The van der Waals surface area contributed by atoms with Crippen LogP contribution in [0.25, 0.3) is 33.4 Å². The second-order valence-electron chi connectivity index (χ2n) is 8.24. The topological polar surface area (TPSA) is 67.6 Å². The molecule has 7 nitrogen and oxygen atoms in total. The number of pyridine rings is 1. The molecule has 3 aromatic rings. The fourth-order valence-electron chi connectivity index (χ4n) is 4.51. The second kappa shape index (κ2) is 8.47. The van der Waals surface area contributed by atoms with Gasteiger partial charge in [0, 0.05) is 34.3 Å². The first-order valence-corrected chi connectivity index (χ1v) is 11.2. The Hall–Kier alpha value is -4.33. The lowest BCUT2D eigenvalue weighted by Crippen LogP contribution is -2.16. The van der Waals surface area contributed by atoms with Gasteiger partial charge in [0.05, 0.1) is 26.3 Å². The van der Waals surface area contributed by atoms with E-state index in [-0.39, 0.29) is 5.82 Å². The summed E-state index contributed by atoms with van der Waals surface area (Å²) in [6.07, 6.45) is 1.96. The third kappa shape index (κ3) is 3.58. The minimum Gasteiger partial charge on any atom is -0.493 e. The molecule has 8 heteroatoms. The van der Waals surface area contributed by atoms with Gasteiger partial charge in [-0.25, -0.2) is 4.39 Å². The molecule has 0 aliphatic carbocycles. The van der Waals surface area contributed by atoms with E-state index in [2.05, 4.69) is 10.2 Å². The van der Waals surface area contributed by atoms with Crippen LogP contribution in [-0.4, -0.2) is 42.2 Å². The number of methoxy groups -OCH3 is 2. The Balaban J connectivity index is 1.58. The molecule has 3 aliphatic heterocycles. The molecule has 176 valence electrons. The zero-order valence-corrected chi connectivity index (χ0v) is 19.2. The highest BCUT2D eigenvalue weighted by atomic mass is 19.1. The zero-order chi connectivity index (χ0) is 23.9. The molecule has 35 heavy (non-hydrogen) atoms. The van der Waals surface area contributed by atoms with E-state index in [1.807, 2.05) is 47.2 Å². The predicted molar refractivity (Wildman–Crippen MR) is 129 cm³/mol. The molecule has 0 unspecified atom stereocenters. The van der Waals surface area contributed by atoms with Crippen LogP contribution in [0, 0.1) is 5.82 Å². The number of ether oxygens (including phenoxy) is 4. The summed E-state index contributed by atoms with van der Waals surface area (Å²) in [4.78, 5) is 0. The molecule has 0 spiro atoms. The first-order chi connectivity index (χ1) is 17.2. The van der Waals surface area contributed by atoms with Gasteiger partial charge in [0.1, 0.15) is 30.4 Å². The maximum absolute atomic E-state index is 14.6. The van der Waals surface area contributed by atoms with Crippen molar-refractivity contribution in [3.8, 4) is 45.5 Å². The van der Waals surface area contributed by atoms with Crippen LogP contribution in [0.2, 0.25) is 0 Å². The summed E-state index contributed by atoms with van der Waals surface area (Å²) in [6.45, 7) is 1.29. The molecule has 0 fully saturated rings. The Morgan fingerprint density at radius 2 is 1.63 bits per heavy atom. The van der Waals surface area contributed by atoms with E-state index in [9.17, 15) is 4.39 Å². The minimum absolute atomic E-state index is 0.260. The fraction of sp³-hybridized carbons (Fsp3) is 0.185. The van der Waals surface area contributed by atoms with Crippen molar-refractivity contribution in [1.82, 2.24) is 14.8 Å². The normalized spacial score (nSPS) is 12.8. The summed E-state index contributed by atoms with van der Waals surface area (Å²) in [7, 11) is 3.19. The second-order valence-corrected chi connectivity index (χ2v) is 8.24. The van der Waals surface area contributed by atoms with Gasteiger partial charge in [0.15, 0.2) is 23.0 Å². The van der Waals surface area contributed by atoms with E-state index in [4.69, 9.17) is 18.9 Å². The highest BCUT2D eigenvalue weighted by Crippen LogP contribution is 2.43. The Morgan fingerprint density at radius 1 is 0.886 bits per heavy atom. The van der Waals surface area contributed by atoms with Gasteiger partial charge in [-0.15, -0.1) is 10.2 Å². The Kier molecular flexibility index (Phi) is 5.13. The maximum atomic E-state index is 14.6. The summed E-state index contributed by atoms with van der Waals surface area (Å²) in [5.41, 5.74) is 4.51. The lowest BCUT2D eigenvalue weighted by atomic mass is 10.0. The van der Waals surface area contributed by atoms with E-state index in [1.54, 1.807) is 26.4 Å². The zero-order valence-electron chi connectivity index (χ0n) is 19.2. The largest absolute Gasteiger partial charge is 0.493 e. The van der Waals surface area contributed by atoms with Gasteiger partial charge in [-0.1, -0.05) is 18.2 Å². The van der Waals surface area contributed by atoms with Gasteiger partial charge in [-0.2, -0.15) is 0 Å². The SMILES string of the molecule is COc1ccc(-c2nnc3c4cc5c(cc4n(Cc4ccccc4F)cc2-3)OCCO5)cc1OC. The average Bonchev–Trinajstić information content (AvgIpc) is 3.32. The highest BCUT2D eigenvalue weighted by molar-refractivity contribution is 5.99. The third-order valence-corrected chi connectivity index (χ3v) is 6.23. The van der Waals surface area contributed by atoms with Crippen molar-refractivity contribution < 1.29 is 23.3 Å². The number of halogens is 1. The van der Waals surface area contributed by atoms with Gasteiger partial charge in [0.2, 0.25) is 0 Å². The smallest absolute Gasteiger partial charge is 0.163 e. The van der Waals surface area contributed by atoms with Gasteiger partial charge in [-0.05, 0) is 30.3 Å². The average molecular weight is 471 g/mol. The lowest BCUT2D eigenvalue weighted by molar-refractivity contribution is 0.172. The highest BCUT2D eigenvalue weighted by Gasteiger charge is 2.24. The van der Waals surface area contributed by atoms with Crippen LogP contribution in [0.3, 0.4) is 0 Å². The minimum atomic E-state index is -0.260. The van der Waals surface area contributed by atoms with E-state index >= 15 is 0 Å². The molecule has 0 aromatic heterocycles. The van der Waals surface area contributed by atoms with Crippen LogP contribution in [0.1, 0.15) is 5.56 Å². The molecular formula is C27H22FN3O4. The fourth-order valence-corrected chi connectivity index (χ4v) is 4.51. The lowest BCUT2D eigenvalue weighted by Gasteiger charge is -2.22. The van der Waals surface area contributed by atoms with Crippen LogP contribution in [0.5, 0.6) is 23.0 Å². The van der Waals surface area contributed by atoms with Crippen molar-refractivity contribution in [3.05, 3.63) is 72.2 Å². The molecular weight excluding hydrogens is 449 g/mol. The molecule has 0 atom stereocenters. The van der Waals surface area contributed by atoms with Crippen molar-refractivity contribution in [2.24, 2.45) is 0 Å². The van der Waals surface area contributed by atoms with Crippen molar-refractivity contribution in [3.63, 3.8) is 0 Å². The molecule has 0 bridgehead atoms. The Labute approximate surface area is 201 Å². The first-order valence-electron chi connectivity index (χ1n) is 11.2. The van der Waals surface area contributed by atoms with Crippen LogP contribution in [-0.2, 0) is 6.54 Å². The number of fused-ring (bicyclic) bond motifs is 4. The van der Waals surface area contributed by atoms with Crippen LogP contribution in [0.4, 0.5) is 4.39 Å². The molecule has 0 radical (unpaired) electrons. The van der Waals surface area contributed by atoms with E-state index < -0.39 is 0 Å². The summed E-state index contributed by atoms with van der Waals surface area (Å²) in [5, 5.41) is 9.90. The Bertz CT molecular complexity index is 1530. The molecule has 0 saturated heterocycles. The Morgan fingerprint density at radius 3 is 2.40 bits per heavy atom. The van der Waals surface area contributed by atoms with Crippen LogP contribution < -0.4 is 18.9 Å². The summed E-state index contributed by atoms with van der Waals surface area (Å²) >= 11 is 0. The van der Waals surface area contributed by atoms with Crippen molar-refractivity contribution in [1.29, 1.82) is 0 Å². The van der Waals surface area contributed by atoms with E-state index in [0.29, 0.717) is 54.0 Å². The molecule has 3 aromatic carbocycles. The van der Waals surface area contributed by atoms with Crippen molar-refractivity contribution >= 4 is 10.9 Å². The van der Waals surface area contributed by atoms with E-state index in [1.165, 1.54) is 6.07 Å². The predicted octanol–water partition coefficient (Wildman–Crippen LogP) is 5.18. The van der Waals surface area contributed by atoms with Gasteiger partial charge < -0.3 is 23.5 Å². The molecule has 0 amide bonds. The summed E-state index contributed by atoms with van der Waals surface area (Å²) in [6, 6.07) is 16.3. The number of benzene rings is 3. The number of rotatable bonds is 5. The quantitative estimate of drug-likeness (QED) is 0.352. The number of hydrogen-bond donors (Lipinski definition) is 0. The van der Waals surface area contributed by atoms with Crippen LogP contribution in [0.15, 0.2) is 60.8 Å². The number of aromatic nitrogens is 3. The van der Waals surface area contributed by atoms with Crippen molar-refractivity contribution in [2.75, 3.05) is 27.4 Å².